The third-order valence-electron chi connectivity index (χ3n) is 6.29. The summed E-state index contributed by atoms with van der Waals surface area (Å²) >= 11 is 0. The molecule has 0 spiro atoms. The van der Waals surface area contributed by atoms with Gasteiger partial charge < -0.3 is 19.5 Å². The van der Waals surface area contributed by atoms with Crippen LogP contribution in [-0.4, -0.2) is 41.2 Å². The molecule has 2 aromatic heterocycles. The molecule has 0 atom stereocenters. The molecule has 0 radical (unpaired) electrons. The highest BCUT2D eigenvalue weighted by Crippen LogP contribution is 2.32. The normalized spacial score (nSPS) is 14.0. The Morgan fingerprint density at radius 1 is 1.14 bits per heavy atom. The molecule has 1 aliphatic heterocycles. The molecule has 0 saturated carbocycles. The predicted molar refractivity (Wildman–Crippen MR) is 133 cm³/mol. The maximum Gasteiger partial charge on any atom is 0.261 e. The predicted octanol–water partition coefficient (Wildman–Crippen LogP) is 4.48. The van der Waals surface area contributed by atoms with E-state index in [1.807, 2.05) is 36.4 Å². The number of piperidine rings is 1. The fourth-order valence-corrected chi connectivity index (χ4v) is 4.36. The number of halogens is 1. The van der Waals surface area contributed by atoms with Gasteiger partial charge in [-0.15, -0.1) is 0 Å². The summed E-state index contributed by atoms with van der Waals surface area (Å²) < 4.78 is 24.4. The number of benzene rings is 2. The van der Waals surface area contributed by atoms with E-state index in [9.17, 15) is 9.18 Å². The minimum Gasteiger partial charge on any atom is -0.497 e. The molecule has 3 heterocycles. The lowest BCUT2D eigenvalue weighted by Crippen LogP contribution is -2.40. The van der Waals surface area contributed by atoms with Crippen LogP contribution in [0.4, 0.5) is 10.2 Å². The van der Waals surface area contributed by atoms with Gasteiger partial charge in [0.25, 0.3) is 5.89 Å². The third-order valence-corrected chi connectivity index (χ3v) is 6.29. The van der Waals surface area contributed by atoms with E-state index in [-0.39, 0.29) is 17.6 Å². The second-order valence-electron chi connectivity index (χ2n) is 8.64. The van der Waals surface area contributed by atoms with Crippen molar-refractivity contribution in [3.05, 3.63) is 78.2 Å². The smallest absolute Gasteiger partial charge is 0.261 e. The number of aromatic nitrogens is 3. The number of hydrogen-bond donors (Lipinski definition) is 1. The van der Waals surface area contributed by atoms with Crippen molar-refractivity contribution in [2.75, 3.05) is 25.1 Å². The van der Waals surface area contributed by atoms with Gasteiger partial charge in [0.05, 0.1) is 12.7 Å². The van der Waals surface area contributed by atoms with E-state index >= 15 is 0 Å². The summed E-state index contributed by atoms with van der Waals surface area (Å²) in [7, 11) is 1.63. The molecular weight excluding hydrogens is 461 g/mol. The number of ether oxygens (including phenoxy) is 1. The number of nitrogens with one attached hydrogen (secondary N) is 1. The van der Waals surface area contributed by atoms with Crippen molar-refractivity contribution in [1.29, 1.82) is 0 Å². The average molecular weight is 488 g/mol. The molecule has 0 aliphatic carbocycles. The van der Waals surface area contributed by atoms with E-state index in [0.29, 0.717) is 55.3 Å². The quantitative estimate of drug-likeness (QED) is 0.411. The highest BCUT2D eigenvalue weighted by atomic mass is 19.1. The van der Waals surface area contributed by atoms with Gasteiger partial charge in [-0.3, -0.25) is 4.79 Å². The monoisotopic (exact) mass is 487 g/mol. The molecule has 5 rings (SSSR count). The lowest BCUT2D eigenvalue weighted by atomic mass is 9.95. The summed E-state index contributed by atoms with van der Waals surface area (Å²) in [5.74, 6) is 1.74. The number of carbonyl (C=O) groups is 1. The van der Waals surface area contributed by atoms with Gasteiger partial charge >= 0.3 is 0 Å². The Balaban J connectivity index is 1.23. The van der Waals surface area contributed by atoms with Crippen molar-refractivity contribution in [2.45, 2.75) is 19.4 Å². The first-order chi connectivity index (χ1) is 17.6. The molecule has 8 nitrogen and oxygen atoms in total. The standard InChI is InChI=1S/C27H26FN5O3/c1-35-22-8-2-5-18(15-22)17-30-26(34)19-10-13-33(14-11-19)25-23(9-4-12-29-25)27-31-24(32-36-27)20-6-3-7-21(28)16-20/h2-9,12,15-16,19H,10-11,13-14,17H2,1H3,(H,30,34). The van der Waals surface area contributed by atoms with Crippen LogP contribution in [-0.2, 0) is 11.3 Å². The maximum atomic E-state index is 13.6. The van der Waals surface area contributed by atoms with Crippen LogP contribution in [0, 0.1) is 11.7 Å². The van der Waals surface area contributed by atoms with E-state index < -0.39 is 0 Å². The summed E-state index contributed by atoms with van der Waals surface area (Å²) in [5, 5.41) is 7.07. The van der Waals surface area contributed by atoms with Crippen LogP contribution in [0.15, 0.2) is 71.4 Å². The molecule has 184 valence electrons. The number of pyridine rings is 1. The Kier molecular flexibility index (Phi) is 6.88. The Hall–Kier alpha value is -4.27. The summed E-state index contributed by atoms with van der Waals surface area (Å²) in [6.07, 6.45) is 3.13. The average Bonchev–Trinajstić information content (AvgIpc) is 3.42. The van der Waals surface area contributed by atoms with Crippen LogP contribution in [0.1, 0.15) is 18.4 Å². The van der Waals surface area contributed by atoms with Crippen molar-refractivity contribution < 1.29 is 18.4 Å². The van der Waals surface area contributed by atoms with Gasteiger partial charge in [-0.05, 0) is 54.8 Å². The van der Waals surface area contributed by atoms with Crippen molar-refractivity contribution in [2.24, 2.45) is 5.92 Å². The van der Waals surface area contributed by atoms with Crippen molar-refractivity contribution in [3.8, 4) is 28.6 Å². The molecule has 1 N–H and O–H groups in total. The highest BCUT2D eigenvalue weighted by Gasteiger charge is 2.27. The molecule has 9 heteroatoms. The van der Waals surface area contributed by atoms with Crippen LogP contribution >= 0.6 is 0 Å². The molecule has 0 bridgehead atoms. The lowest BCUT2D eigenvalue weighted by Gasteiger charge is -2.32. The summed E-state index contributed by atoms with van der Waals surface area (Å²) in [6.45, 7) is 1.81. The number of rotatable bonds is 7. The number of anilines is 1. The van der Waals surface area contributed by atoms with Gasteiger partial charge in [0.15, 0.2) is 0 Å². The van der Waals surface area contributed by atoms with E-state index in [1.165, 1.54) is 12.1 Å². The van der Waals surface area contributed by atoms with Crippen LogP contribution in [0.25, 0.3) is 22.8 Å². The minimum absolute atomic E-state index is 0.0513. The van der Waals surface area contributed by atoms with Gasteiger partial charge in [0.2, 0.25) is 11.7 Å². The second-order valence-corrected chi connectivity index (χ2v) is 8.64. The van der Waals surface area contributed by atoms with E-state index in [1.54, 1.807) is 25.4 Å². The Morgan fingerprint density at radius 2 is 1.97 bits per heavy atom. The highest BCUT2D eigenvalue weighted by molar-refractivity contribution is 5.79. The molecule has 1 saturated heterocycles. The van der Waals surface area contributed by atoms with Crippen molar-refractivity contribution in [1.82, 2.24) is 20.4 Å². The molecule has 1 aliphatic rings. The van der Waals surface area contributed by atoms with Crippen LogP contribution in [0.5, 0.6) is 5.75 Å². The zero-order chi connectivity index (χ0) is 24.9. The Morgan fingerprint density at radius 3 is 2.78 bits per heavy atom. The van der Waals surface area contributed by atoms with Gasteiger partial charge in [-0.1, -0.05) is 29.4 Å². The van der Waals surface area contributed by atoms with Gasteiger partial charge in [-0.2, -0.15) is 4.98 Å². The number of hydrogen-bond acceptors (Lipinski definition) is 7. The second kappa shape index (κ2) is 10.6. The molecule has 1 amide bonds. The molecular formula is C27H26FN5O3. The van der Waals surface area contributed by atoms with Gasteiger partial charge in [0.1, 0.15) is 17.4 Å². The van der Waals surface area contributed by atoms with Crippen LogP contribution in [0.2, 0.25) is 0 Å². The number of methoxy groups -OCH3 is 1. The number of amides is 1. The van der Waals surface area contributed by atoms with E-state index in [4.69, 9.17) is 9.26 Å². The molecule has 36 heavy (non-hydrogen) atoms. The molecule has 0 unspecified atom stereocenters. The maximum absolute atomic E-state index is 13.6. The SMILES string of the molecule is COc1cccc(CNC(=O)C2CCN(c3ncccc3-c3nc(-c4cccc(F)c4)no3)CC2)c1. The minimum atomic E-state index is -0.365. The lowest BCUT2D eigenvalue weighted by molar-refractivity contribution is -0.125. The van der Waals surface area contributed by atoms with Gasteiger partial charge in [-0.25, -0.2) is 9.37 Å². The first-order valence-electron chi connectivity index (χ1n) is 11.8. The van der Waals surface area contributed by atoms with E-state index in [0.717, 1.165) is 17.1 Å². The molecule has 4 aromatic rings. The summed E-state index contributed by atoms with van der Waals surface area (Å²) in [5.41, 5.74) is 2.24. The fourth-order valence-electron chi connectivity index (χ4n) is 4.36. The third kappa shape index (κ3) is 5.19. The largest absolute Gasteiger partial charge is 0.497 e. The fraction of sp³-hybridized carbons (Fsp3) is 0.259. The summed E-state index contributed by atoms with van der Waals surface area (Å²) in [6, 6.07) is 17.4. The molecule has 2 aromatic carbocycles. The van der Waals surface area contributed by atoms with Crippen molar-refractivity contribution in [3.63, 3.8) is 0 Å². The zero-order valence-corrected chi connectivity index (χ0v) is 19.9. The van der Waals surface area contributed by atoms with Gasteiger partial charge in [0, 0.05) is 37.3 Å². The van der Waals surface area contributed by atoms with Crippen LogP contribution < -0.4 is 15.0 Å². The topological polar surface area (TPSA) is 93.4 Å². The number of carbonyl (C=O) groups excluding carboxylic acids is 1. The Bertz CT molecular complexity index is 1350. The number of nitrogens with zero attached hydrogens (tertiary/aromatic N) is 4. The first kappa shape index (κ1) is 23.5. The zero-order valence-electron chi connectivity index (χ0n) is 19.9. The van der Waals surface area contributed by atoms with Crippen molar-refractivity contribution >= 4 is 11.7 Å². The first-order valence-corrected chi connectivity index (χ1v) is 11.8. The molecule has 1 fully saturated rings. The van der Waals surface area contributed by atoms with Crippen LogP contribution in [0.3, 0.4) is 0 Å². The summed E-state index contributed by atoms with van der Waals surface area (Å²) in [4.78, 5) is 23.9. The Labute approximate surface area is 208 Å². The van der Waals surface area contributed by atoms with E-state index in [2.05, 4.69) is 25.3 Å².